The number of nitrogens with zero attached hydrogens (tertiary/aromatic N) is 1. The summed E-state index contributed by atoms with van der Waals surface area (Å²) in [4.78, 5) is 14.8. The van der Waals surface area contributed by atoms with Gasteiger partial charge in [-0.1, -0.05) is 11.8 Å². The second-order valence-corrected chi connectivity index (χ2v) is 9.19. The van der Waals surface area contributed by atoms with Crippen LogP contribution in [-0.4, -0.2) is 78.4 Å². The molecule has 29 heavy (non-hydrogen) atoms. The molecule has 2 heterocycles. The van der Waals surface area contributed by atoms with Crippen molar-refractivity contribution in [1.29, 1.82) is 0 Å². The highest BCUT2D eigenvalue weighted by Crippen LogP contribution is 2.56. The number of hydrogen-bond acceptors (Lipinski definition) is 7. The van der Waals surface area contributed by atoms with Crippen LogP contribution in [0.25, 0.3) is 0 Å². The number of likely N-dealkylation sites (tertiary alicyclic amines) is 1. The average Bonchev–Trinajstić information content (AvgIpc) is 3.42. The van der Waals surface area contributed by atoms with Gasteiger partial charge in [-0.05, 0) is 47.5 Å². The summed E-state index contributed by atoms with van der Waals surface area (Å²) in [5.41, 5.74) is -1.11. The molecule has 164 valence electrons. The van der Waals surface area contributed by atoms with Crippen molar-refractivity contribution >= 4 is 6.09 Å². The Morgan fingerprint density at radius 1 is 1.17 bits per heavy atom. The summed E-state index contributed by atoms with van der Waals surface area (Å²) in [6, 6.07) is 0. The van der Waals surface area contributed by atoms with E-state index in [2.05, 4.69) is 11.8 Å². The van der Waals surface area contributed by atoms with Crippen LogP contribution in [0.1, 0.15) is 47.5 Å². The number of carbonyl (C=O) groups excluding carboxylic acids is 1. The molecule has 3 rings (SSSR count). The molecule has 3 aliphatic rings. The van der Waals surface area contributed by atoms with Crippen LogP contribution in [0.4, 0.5) is 4.79 Å². The fraction of sp³-hybridized carbons (Fsp3) is 0.857. The third-order valence-electron chi connectivity index (χ3n) is 6.23. The molecule has 3 fully saturated rings. The molecule has 0 unspecified atom stereocenters. The molecule has 5 atom stereocenters. The van der Waals surface area contributed by atoms with E-state index in [1.807, 2.05) is 20.8 Å². The second-order valence-electron chi connectivity index (χ2n) is 9.19. The van der Waals surface area contributed by atoms with Crippen molar-refractivity contribution in [2.45, 2.75) is 82.4 Å². The van der Waals surface area contributed by atoms with E-state index < -0.39 is 41.0 Å². The number of fused-ring (bicyclic) bond motifs is 1. The molecule has 1 aliphatic carbocycles. The first kappa shape index (κ1) is 22.3. The number of amides is 1. The third-order valence-corrected chi connectivity index (χ3v) is 6.23. The molecule has 1 amide bonds. The Balaban J connectivity index is 1.99. The van der Waals surface area contributed by atoms with Gasteiger partial charge in [0.05, 0.1) is 18.0 Å². The van der Waals surface area contributed by atoms with Crippen molar-refractivity contribution in [3.8, 4) is 11.8 Å². The lowest BCUT2D eigenvalue weighted by molar-refractivity contribution is -0.456. The van der Waals surface area contributed by atoms with Crippen molar-refractivity contribution in [3.05, 3.63) is 0 Å². The summed E-state index contributed by atoms with van der Waals surface area (Å²) >= 11 is 0. The Morgan fingerprint density at radius 3 is 2.24 bits per heavy atom. The van der Waals surface area contributed by atoms with E-state index in [0.29, 0.717) is 6.54 Å². The molecule has 1 N–H and O–H groups in total. The second kappa shape index (κ2) is 7.40. The average molecular weight is 411 g/mol. The molecule has 0 aromatic rings. The number of hydrogen-bond donors (Lipinski definition) is 1. The van der Waals surface area contributed by atoms with Gasteiger partial charge in [-0.2, -0.15) is 0 Å². The molecule has 0 aromatic heterocycles. The minimum atomic E-state index is -1.18. The number of rotatable bonds is 2. The largest absolute Gasteiger partial charge is 0.444 e. The minimum Gasteiger partial charge on any atom is -0.444 e. The van der Waals surface area contributed by atoms with Gasteiger partial charge in [-0.15, -0.1) is 0 Å². The zero-order valence-corrected chi connectivity index (χ0v) is 18.4. The quantitative estimate of drug-likeness (QED) is 0.695. The first-order valence-corrected chi connectivity index (χ1v) is 10.0. The highest BCUT2D eigenvalue weighted by molar-refractivity contribution is 5.70. The van der Waals surface area contributed by atoms with Crippen molar-refractivity contribution in [3.63, 3.8) is 0 Å². The van der Waals surface area contributed by atoms with Gasteiger partial charge in [0.25, 0.3) is 0 Å². The Kier molecular flexibility index (Phi) is 5.69. The van der Waals surface area contributed by atoms with Gasteiger partial charge in [0.2, 0.25) is 11.6 Å². The highest BCUT2D eigenvalue weighted by atomic mass is 16.8. The summed E-state index contributed by atoms with van der Waals surface area (Å²) in [6.45, 7) is 9.07. The van der Waals surface area contributed by atoms with Crippen LogP contribution in [0.3, 0.4) is 0 Å². The van der Waals surface area contributed by atoms with Gasteiger partial charge >= 0.3 is 6.09 Å². The Hall–Kier alpha value is -1.37. The molecular formula is C21H33NO7. The summed E-state index contributed by atoms with van der Waals surface area (Å²) in [5, 5.41) is 9.29. The molecule has 1 saturated carbocycles. The van der Waals surface area contributed by atoms with Gasteiger partial charge in [0.15, 0.2) is 0 Å². The van der Waals surface area contributed by atoms with E-state index in [1.54, 1.807) is 18.7 Å². The summed E-state index contributed by atoms with van der Waals surface area (Å²) in [6.07, 6.45) is 0.249. The molecule has 2 aliphatic heterocycles. The molecule has 8 nitrogen and oxygen atoms in total. The molecular weight excluding hydrogens is 378 g/mol. The lowest BCUT2D eigenvalue weighted by atomic mass is 9.81. The lowest BCUT2D eigenvalue weighted by Crippen LogP contribution is -2.72. The van der Waals surface area contributed by atoms with Crippen LogP contribution in [0, 0.1) is 17.8 Å². The van der Waals surface area contributed by atoms with Crippen molar-refractivity contribution in [1.82, 2.24) is 4.90 Å². The van der Waals surface area contributed by atoms with Gasteiger partial charge in [-0.25, -0.2) is 4.79 Å². The zero-order valence-electron chi connectivity index (χ0n) is 18.4. The maximum atomic E-state index is 13.0. The summed E-state index contributed by atoms with van der Waals surface area (Å²) < 4.78 is 29.7. The summed E-state index contributed by atoms with van der Waals surface area (Å²) in [5.74, 6) is 3.20. The van der Waals surface area contributed by atoms with Gasteiger partial charge < -0.3 is 28.8 Å². The normalized spacial score (nSPS) is 38.1. The van der Waals surface area contributed by atoms with E-state index in [4.69, 9.17) is 23.7 Å². The van der Waals surface area contributed by atoms with Crippen LogP contribution in [-0.2, 0) is 23.7 Å². The molecule has 0 radical (unpaired) electrons. The van der Waals surface area contributed by atoms with E-state index in [-0.39, 0.29) is 12.5 Å². The Morgan fingerprint density at radius 2 is 1.76 bits per heavy atom. The molecule has 0 bridgehead atoms. The SMILES string of the molecule is CO[C@@]1(C)O[C@@H]2[C@@H](C#CCO)C3(CC3)N(C(=O)OC(C)(C)C)C[C@H]2O[C@]1(C)OC. The van der Waals surface area contributed by atoms with Crippen LogP contribution in [0.2, 0.25) is 0 Å². The topological polar surface area (TPSA) is 86.7 Å². The highest BCUT2D eigenvalue weighted by Gasteiger charge is 2.68. The predicted octanol–water partition coefficient (Wildman–Crippen LogP) is 1.89. The fourth-order valence-corrected chi connectivity index (χ4v) is 4.29. The van der Waals surface area contributed by atoms with Crippen LogP contribution < -0.4 is 0 Å². The lowest BCUT2D eigenvalue weighted by Gasteiger charge is -2.57. The summed E-state index contributed by atoms with van der Waals surface area (Å²) in [7, 11) is 3.07. The van der Waals surface area contributed by atoms with Crippen molar-refractivity contribution < 1.29 is 33.6 Å². The number of aliphatic hydroxyl groups is 1. The maximum Gasteiger partial charge on any atom is 0.410 e. The van der Waals surface area contributed by atoms with E-state index >= 15 is 0 Å². The molecule has 2 saturated heterocycles. The standard InChI is InChI=1S/C21H33NO7/c1-18(2,3)29-17(24)22-13-15-16(14(9-8-12-23)21(22)10-11-21)28-20(5,26-7)19(4,25-6)27-15/h14-16,23H,10-13H2,1-7H3/t14-,15-,16-,19+,20+/m1/s1. The number of ether oxygens (including phenoxy) is 5. The number of piperidine rings is 1. The third kappa shape index (κ3) is 3.75. The number of carbonyl (C=O) groups is 1. The van der Waals surface area contributed by atoms with Crippen LogP contribution in [0.5, 0.6) is 0 Å². The molecule has 8 heteroatoms. The van der Waals surface area contributed by atoms with Crippen molar-refractivity contribution in [2.24, 2.45) is 5.92 Å². The van der Waals surface area contributed by atoms with E-state index in [0.717, 1.165) is 12.8 Å². The van der Waals surface area contributed by atoms with Gasteiger partial charge in [0.1, 0.15) is 24.4 Å². The number of aliphatic hydroxyl groups excluding tert-OH is 1. The Labute approximate surface area is 172 Å². The number of methoxy groups -OCH3 is 2. The first-order valence-electron chi connectivity index (χ1n) is 10.0. The molecule has 1 spiro atoms. The first-order chi connectivity index (χ1) is 13.5. The van der Waals surface area contributed by atoms with Crippen molar-refractivity contribution in [2.75, 3.05) is 27.4 Å². The van der Waals surface area contributed by atoms with Gasteiger partial charge in [0, 0.05) is 14.2 Å². The fourth-order valence-electron chi connectivity index (χ4n) is 4.29. The van der Waals surface area contributed by atoms with E-state index in [1.165, 1.54) is 14.2 Å². The zero-order chi connectivity index (χ0) is 21.7. The van der Waals surface area contributed by atoms with E-state index in [9.17, 15) is 9.90 Å². The van der Waals surface area contributed by atoms with Crippen LogP contribution in [0.15, 0.2) is 0 Å². The minimum absolute atomic E-state index is 0.269. The molecule has 0 aromatic carbocycles. The smallest absolute Gasteiger partial charge is 0.410 e. The maximum absolute atomic E-state index is 13.0. The predicted molar refractivity (Wildman–Crippen MR) is 104 cm³/mol. The van der Waals surface area contributed by atoms with Gasteiger partial charge in [-0.3, -0.25) is 4.90 Å². The Bertz CT molecular complexity index is 704. The monoisotopic (exact) mass is 411 g/mol. The van der Waals surface area contributed by atoms with Crippen LogP contribution >= 0.6 is 0 Å².